The molecule has 0 bridgehead atoms. The normalized spacial score (nSPS) is 21.5. The van der Waals surface area contributed by atoms with Crippen molar-refractivity contribution in [3.8, 4) is 0 Å². The first-order valence-corrected chi connectivity index (χ1v) is 9.56. The van der Waals surface area contributed by atoms with Crippen molar-refractivity contribution in [2.24, 2.45) is 0 Å². The van der Waals surface area contributed by atoms with Crippen LogP contribution < -0.4 is 0 Å². The van der Waals surface area contributed by atoms with Crippen molar-refractivity contribution < 1.29 is 24.4 Å². The molecule has 160 valence electrons. The fraction of sp³-hybridized carbons (Fsp3) is 0.391. The standard InChI is InChI=1S/C23H33NO5/c1-5-21(27-4)12-9-10-20(3)29-18-24-14-8-6-7-11-22(28-17-23(25)26)16-19(2)13-15-24/h5-7,9-12,16,23,25-26H,1,3,8,13-15,17-18H2,2,4H3/b7-6+,10-9+,19-16+,21-12+,22-11+. The van der Waals surface area contributed by atoms with Crippen LogP contribution in [0.1, 0.15) is 19.8 Å². The van der Waals surface area contributed by atoms with Gasteiger partial charge in [-0.3, -0.25) is 4.90 Å². The highest BCUT2D eigenvalue weighted by Crippen LogP contribution is 2.12. The molecule has 29 heavy (non-hydrogen) atoms. The Labute approximate surface area is 174 Å². The van der Waals surface area contributed by atoms with Crippen molar-refractivity contribution in [1.82, 2.24) is 4.90 Å². The molecule has 6 nitrogen and oxygen atoms in total. The number of nitrogens with zero attached hydrogens (tertiary/aromatic N) is 1. The predicted molar refractivity (Wildman–Crippen MR) is 115 cm³/mol. The third-order valence-electron chi connectivity index (χ3n) is 4.03. The van der Waals surface area contributed by atoms with Crippen molar-refractivity contribution in [2.45, 2.75) is 26.1 Å². The van der Waals surface area contributed by atoms with Gasteiger partial charge in [0.2, 0.25) is 0 Å². The number of aliphatic hydroxyl groups excluding tert-OH is 1. The van der Waals surface area contributed by atoms with Crippen molar-refractivity contribution in [2.75, 3.05) is 33.5 Å². The largest absolute Gasteiger partial charge is 0.497 e. The fourth-order valence-electron chi connectivity index (χ4n) is 2.41. The van der Waals surface area contributed by atoms with Crippen LogP contribution in [-0.4, -0.2) is 54.9 Å². The van der Waals surface area contributed by atoms with Gasteiger partial charge in [-0.15, -0.1) is 0 Å². The van der Waals surface area contributed by atoms with Gasteiger partial charge in [-0.1, -0.05) is 37.0 Å². The third-order valence-corrected chi connectivity index (χ3v) is 4.03. The van der Waals surface area contributed by atoms with Gasteiger partial charge in [-0.25, -0.2) is 0 Å². The van der Waals surface area contributed by atoms with Gasteiger partial charge in [-0.05, 0) is 50.1 Å². The minimum atomic E-state index is -1.49. The number of hydrogen-bond acceptors (Lipinski definition) is 6. The van der Waals surface area contributed by atoms with Gasteiger partial charge >= 0.3 is 0 Å². The van der Waals surface area contributed by atoms with Crippen LogP contribution in [0.2, 0.25) is 0 Å². The zero-order valence-corrected chi connectivity index (χ0v) is 17.4. The summed E-state index contributed by atoms with van der Waals surface area (Å²) in [4.78, 5) is 2.21. The first-order chi connectivity index (χ1) is 13.9. The number of aliphatic hydroxyl groups is 2. The molecule has 0 aliphatic carbocycles. The summed E-state index contributed by atoms with van der Waals surface area (Å²) in [6.07, 6.45) is 14.9. The van der Waals surface area contributed by atoms with Crippen molar-refractivity contribution >= 4 is 0 Å². The van der Waals surface area contributed by atoms with Gasteiger partial charge in [0.15, 0.2) is 6.29 Å². The molecule has 0 saturated carbocycles. The maximum Gasteiger partial charge on any atom is 0.186 e. The SMILES string of the molecule is C=C/C(=C\C=C\C(=C)OCN1CC/C=C/C=C(OCC(O)O)\C=C(/C)CC1)OC. The quantitative estimate of drug-likeness (QED) is 0.330. The molecule has 0 aromatic carbocycles. The van der Waals surface area contributed by atoms with Crippen molar-refractivity contribution in [1.29, 1.82) is 0 Å². The topological polar surface area (TPSA) is 71.4 Å². The molecule has 1 aliphatic heterocycles. The van der Waals surface area contributed by atoms with Gasteiger partial charge in [-0.2, -0.15) is 0 Å². The number of rotatable bonds is 10. The van der Waals surface area contributed by atoms with E-state index in [-0.39, 0.29) is 6.61 Å². The Morgan fingerprint density at radius 2 is 2.14 bits per heavy atom. The minimum absolute atomic E-state index is 0.160. The van der Waals surface area contributed by atoms with E-state index in [1.165, 1.54) is 0 Å². The maximum atomic E-state index is 8.98. The first-order valence-electron chi connectivity index (χ1n) is 9.56. The van der Waals surface area contributed by atoms with E-state index in [9.17, 15) is 0 Å². The van der Waals surface area contributed by atoms with E-state index in [1.54, 1.807) is 25.3 Å². The number of hydrogen-bond donors (Lipinski definition) is 2. The van der Waals surface area contributed by atoms with Crippen LogP contribution in [0.15, 0.2) is 84.6 Å². The van der Waals surface area contributed by atoms with Crippen LogP contribution in [0.5, 0.6) is 0 Å². The fourth-order valence-corrected chi connectivity index (χ4v) is 2.41. The molecular weight excluding hydrogens is 370 g/mol. The van der Waals surface area contributed by atoms with Crippen LogP contribution in [-0.2, 0) is 14.2 Å². The lowest BCUT2D eigenvalue weighted by molar-refractivity contribution is -0.0807. The van der Waals surface area contributed by atoms with E-state index in [0.717, 1.165) is 31.5 Å². The minimum Gasteiger partial charge on any atom is -0.497 e. The van der Waals surface area contributed by atoms with E-state index in [0.29, 0.717) is 24.0 Å². The molecule has 0 saturated heterocycles. The Morgan fingerprint density at radius 3 is 2.83 bits per heavy atom. The summed E-state index contributed by atoms with van der Waals surface area (Å²) >= 11 is 0. The van der Waals surface area contributed by atoms with Gasteiger partial charge in [0.05, 0.1) is 7.11 Å². The van der Waals surface area contributed by atoms with E-state index in [4.69, 9.17) is 24.4 Å². The summed E-state index contributed by atoms with van der Waals surface area (Å²) in [5.74, 6) is 1.84. The van der Waals surface area contributed by atoms with E-state index >= 15 is 0 Å². The smallest absolute Gasteiger partial charge is 0.186 e. The summed E-state index contributed by atoms with van der Waals surface area (Å²) in [6, 6.07) is 0. The first kappa shape index (κ1) is 24.5. The van der Waals surface area contributed by atoms with Crippen LogP contribution in [0.4, 0.5) is 0 Å². The van der Waals surface area contributed by atoms with Crippen LogP contribution in [0, 0.1) is 0 Å². The Hall–Kier alpha value is -2.54. The Bertz CT molecular complexity index is 671. The van der Waals surface area contributed by atoms with E-state index in [1.807, 2.05) is 37.3 Å². The molecule has 0 aromatic rings. The molecule has 2 N–H and O–H groups in total. The lowest BCUT2D eigenvalue weighted by atomic mass is 10.2. The molecule has 0 spiro atoms. The summed E-state index contributed by atoms with van der Waals surface area (Å²) < 4.78 is 16.3. The highest BCUT2D eigenvalue weighted by atomic mass is 16.5. The monoisotopic (exact) mass is 403 g/mol. The number of ether oxygens (including phenoxy) is 3. The van der Waals surface area contributed by atoms with Crippen molar-refractivity contribution in [3.63, 3.8) is 0 Å². The molecule has 0 atom stereocenters. The lowest BCUT2D eigenvalue weighted by Crippen LogP contribution is -2.28. The molecule has 6 heteroatoms. The Kier molecular flexibility index (Phi) is 12.2. The summed E-state index contributed by atoms with van der Waals surface area (Å²) in [5, 5.41) is 18.0. The van der Waals surface area contributed by atoms with Gasteiger partial charge in [0.25, 0.3) is 0 Å². The second-order valence-electron chi connectivity index (χ2n) is 6.51. The van der Waals surface area contributed by atoms with Crippen LogP contribution in [0.25, 0.3) is 0 Å². The molecular formula is C23H33NO5. The van der Waals surface area contributed by atoms with E-state index < -0.39 is 6.29 Å². The van der Waals surface area contributed by atoms with E-state index in [2.05, 4.69) is 18.1 Å². The molecule has 1 rings (SSSR count). The second kappa shape index (κ2) is 14.5. The highest BCUT2D eigenvalue weighted by Gasteiger charge is 2.07. The average Bonchev–Trinajstić information content (AvgIpc) is 2.73. The zero-order valence-electron chi connectivity index (χ0n) is 17.4. The summed E-state index contributed by atoms with van der Waals surface area (Å²) in [7, 11) is 1.59. The van der Waals surface area contributed by atoms with Crippen LogP contribution in [0.3, 0.4) is 0 Å². The second-order valence-corrected chi connectivity index (χ2v) is 6.51. The third kappa shape index (κ3) is 11.8. The van der Waals surface area contributed by atoms with Gasteiger partial charge < -0.3 is 24.4 Å². The molecule has 0 unspecified atom stereocenters. The lowest BCUT2D eigenvalue weighted by Gasteiger charge is -2.22. The van der Waals surface area contributed by atoms with Gasteiger partial charge in [0, 0.05) is 13.1 Å². The zero-order chi connectivity index (χ0) is 21.5. The Morgan fingerprint density at radius 1 is 1.34 bits per heavy atom. The van der Waals surface area contributed by atoms with Crippen LogP contribution >= 0.6 is 0 Å². The van der Waals surface area contributed by atoms with Gasteiger partial charge in [0.1, 0.15) is 30.6 Å². The highest BCUT2D eigenvalue weighted by molar-refractivity contribution is 5.23. The molecule has 1 aliphatic rings. The molecule has 0 radical (unpaired) electrons. The number of methoxy groups -OCH3 is 1. The van der Waals surface area contributed by atoms with Crippen molar-refractivity contribution in [3.05, 3.63) is 84.6 Å². The average molecular weight is 404 g/mol. The summed E-state index contributed by atoms with van der Waals surface area (Å²) in [6.45, 7) is 11.6. The molecule has 1 heterocycles. The molecule has 0 fully saturated rings. The molecule has 0 aromatic heterocycles. The number of allylic oxidation sites excluding steroid dienone is 7. The Balaban J connectivity index is 2.59. The summed E-state index contributed by atoms with van der Waals surface area (Å²) in [5.41, 5.74) is 1.13. The molecule has 0 amide bonds. The predicted octanol–water partition coefficient (Wildman–Crippen LogP) is 3.56. The maximum absolute atomic E-state index is 8.98.